The van der Waals surface area contributed by atoms with Gasteiger partial charge in [-0.25, -0.2) is 4.68 Å². The van der Waals surface area contributed by atoms with E-state index in [4.69, 9.17) is 5.73 Å². The summed E-state index contributed by atoms with van der Waals surface area (Å²) in [5.41, 5.74) is 6.44. The molecule has 94 valence electrons. The Balaban J connectivity index is 1.76. The van der Waals surface area contributed by atoms with Gasteiger partial charge >= 0.3 is 0 Å². The molecule has 1 heterocycles. The van der Waals surface area contributed by atoms with Gasteiger partial charge in [0.2, 0.25) is 0 Å². The van der Waals surface area contributed by atoms with Gasteiger partial charge in [0.05, 0.1) is 11.7 Å². The Morgan fingerprint density at radius 2 is 2.41 bits per heavy atom. The van der Waals surface area contributed by atoms with E-state index in [-0.39, 0.29) is 5.12 Å². The Morgan fingerprint density at radius 1 is 1.65 bits per heavy atom. The lowest BCUT2D eigenvalue weighted by Gasteiger charge is -2.34. The lowest BCUT2D eigenvalue weighted by molar-refractivity contribution is -0.109. The van der Waals surface area contributed by atoms with Gasteiger partial charge in [-0.05, 0) is 25.3 Å². The van der Waals surface area contributed by atoms with Gasteiger partial charge in [-0.3, -0.25) is 4.79 Å². The van der Waals surface area contributed by atoms with E-state index < -0.39 is 0 Å². The second-order valence-corrected chi connectivity index (χ2v) is 5.72. The van der Waals surface area contributed by atoms with Crippen LogP contribution >= 0.6 is 11.8 Å². The first-order valence-electron chi connectivity index (χ1n) is 5.93. The van der Waals surface area contributed by atoms with Crippen LogP contribution in [0.4, 0.5) is 0 Å². The van der Waals surface area contributed by atoms with E-state index in [2.05, 4.69) is 10.3 Å². The minimum Gasteiger partial charge on any atom is -0.330 e. The predicted octanol–water partition coefficient (Wildman–Crippen LogP) is 1.01. The zero-order valence-electron chi connectivity index (χ0n) is 10.0. The summed E-state index contributed by atoms with van der Waals surface area (Å²) in [6.45, 7) is 2.23. The number of hydrogen-bond acceptors (Lipinski definition) is 5. The van der Waals surface area contributed by atoms with Gasteiger partial charge in [0.25, 0.3) is 0 Å². The summed E-state index contributed by atoms with van der Waals surface area (Å²) in [5, 5.41) is 8.41. The fourth-order valence-electron chi connectivity index (χ4n) is 2.04. The molecule has 1 aliphatic carbocycles. The molecule has 0 aliphatic heterocycles. The monoisotopic (exact) mass is 254 g/mol. The molecule has 1 aromatic heterocycles. The number of aromatic nitrogens is 3. The Labute approximate surface area is 105 Å². The maximum absolute atomic E-state index is 10.8. The van der Waals surface area contributed by atoms with Crippen LogP contribution in [0.3, 0.4) is 0 Å². The summed E-state index contributed by atoms with van der Waals surface area (Å²) < 4.78 is 1.94. The Kier molecular flexibility index (Phi) is 4.17. The Hall–Kier alpha value is -0.880. The van der Waals surface area contributed by atoms with Crippen LogP contribution in [0, 0.1) is 5.92 Å². The first-order valence-corrected chi connectivity index (χ1v) is 6.91. The average molecular weight is 254 g/mol. The highest BCUT2D eigenvalue weighted by Crippen LogP contribution is 2.39. The van der Waals surface area contributed by atoms with Gasteiger partial charge in [-0.2, -0.15) is 0 Å². The molecule has 0 spiro atoms. The van der Waals surface area contributed by atoms with Crippen molar-refractivity contribution in [3.05, 3.63) is 11.9 Å². The molecule has 6 heteroatoms. The standard InChI is InChI=1S/C11H18N4OS/c1-8(16)17-7-9-4-11(5-9)15-6-10(2-3-12)13-14-15/h6,9,11H,2-5,7,12H2,1H3. The van der Waals surface area contributed by atoms with Crippen molar-refractivity contribution in [3.63, 3.8) is 0 Å². The highest BCUT2D eigenvalue weighted by molar-refractivity contribution is 8.13. The quantitative estimate of drug-likeness (QED) is 0.849. The molecule has 0 bridgehead atoms. The van der Waals surface area contributed by atoms with Crippen molar-refractivity contribution in [3.8, 4) is 0 Å². The minimum atomic E-state index is 0.208. The number of carbonyl (C=O) groups is 1. The van der Waals surface area contributed by atoms with Crippen LogP contribution in [0.1, 0.15) is 31.5 Å². The van der Waals surface area contributed by atoms with E-state index in [1.54, 1.807) is 6.92 Å². The lowest BCUT2D eigenvalue weighted by Crippen LogP contribution is -2.29. The molecule has 0 saturated heterocycles. The number of nitrogens with two attached hydrogens (primary N) is 1. The number of hydrogen-bond donors (Lipinski definition) is 1. The third-order valence-electron chi connectivity index (χ3n) is 3.07. The third-order valence-corrected chi connectivity index (χ3v) is 4.11. The Morgan fingerprint density at radius 3 is 3.06 bits per heavy atom. The molecule has 2 N–H and O–H groups in total. The molecule has 1 saturated carbocycles. The predicted molar refractivity (Wildman–Crippen MR) is 67.7 cm³/mol. The third kappa shape index (κ3) is 3.29. The second kappa shape index (κ2) is 5.64. The van der Waals surface area contributed by atoms with Crippen LogP contribution in [0.15, 0.2) is 6.20 Å². The molecule has 1 aliphatic rings. The van der Waals surface area contributed by atoms with Gasteiger partial charge in [0.1, 0.15) is 0 Å². The summed E-state index contributed by atoms with van der Waals surface area (Å²) in [4.78, 5) is 10.8. The fourth-order valence-corrected chi connectivity index (χ4v) is 2.78. The van der Waals surface area contributed by atoms with Crippen LogP contribution in [0.25, 0.3) is 0 Å². The zero-order chi connectivity index (χ0) is 12.3. The normalized spacial score (nSPS) is 23.4. The molecule has 1 fully saturated rings. The van der Waals surface area contributed by atoms with Crippen molar-refractivity contribution >= 4 is 16.9 Å². The first kappa shape index (κ1) is 12.6. The number of rotatable bonds is 5. The van der Waals surface area contributed by atoms with Gasteiger partial charge in [0.15, 0.2) is 5.12 Å². The molecule has 5 nitrogen and oxygen atoms in total. The van der Waals surface area contributed by atoms with E-state index in [0.29, 0.717) is 18.5 Å². The van der Waals surface area contributed by atoms with E-state index in [1.807, 2.05) is 10.9 Å². The SMILES string of the molecule is CC(=O)SCC1CC(n2cc(CCN)nn2)C1. The summed E-state index contributed by atoms with van der Waals surface area (Å²) in [5.74, 6) is 1.59. The van der Waals surface area contributed by atoms with Gasteiger partial charge in [-0.1, -0.05) is 17.0 Å². The topological polar surface area (TPSA) is 73.8 Å². The second-order valence-electron chi connectivity index (χ2n) is 4.52. The first-order chi connectivity index (χ1) is 8.19. The van der Waals surface area contributed by atoms with Crippen LogP contribution in [-0.4, -0.2) is 32.4 Å². The molecular formula is C11H18N4OS. The molecule has 0 atom stereocenters. The number of thioether (sulfide) groups is 1. The van der Waals surface area contributed by atoms with E-state index in [0.717, 1.165) is 30.7 Å². The number of nitrogens with zero attached hydrogens (tertiary/aromatic N) is 3. The molecule has 1 aromatic rings. The van der Waals surface area contributed by atoms with Crippen molar-refractivity contribution in [2.45, 2.75) is 32.2 Å². The maximum Gasteiger partial charge on any atom is 0.185 e. The molecule has 0 radical (unpaired) electrons. The van der Waals surface area contributed by atoms with E-state index in [1.165, 1.54) is 11.8 Å². The van der Waals surface area contributed by atoms with Crippen LogP contribution in [-0.2, 0) is 11.2 Å². The van der Waals surface area contributed by atoms with Crippen molar-refractivity contribution in [2.75, 3.05) is 12.3 Å². The van der Waals surface area contributed by atoms with Crippen molar-refractivity contribution in [1.82, 2.24) is 15.0 Å². The minimum absolute atomic E-state index is 0.208. The molecule has 0 unspecified atom stereocenters. The highest BCUT2D eigenvalue weighted by atomic mass is 32.2. The number of carbonyl (C=O) groups excluding carboxylic acids is 1. The molecule has 2 rings (SSSR count). The maximum atomic E-state index is 10.8. The van der Waals surface area contributed by atoms with E-state index in [9.17, 15) is 4.79 Å². The molecule has 0 amide bonds. The van der Waals surface area contributed by atoms with E-state index >= 15 is 0 Å². The summed E-state index contributed by atoms with van der Waals surface area (Å²) in [6, 6.07) is 0.464. The zero-order valence-corrected chi connectivity index (χ0v) is 10.8. The smallest absolute Gasteiger partial charge is 0.185 e. The van der Waals surface area contributed by atoms with Gasteiger partial charge in [0, 0.05) is 25.3 Å². The summed E-state index contributed by atoms with van der Waals surface area (Å²) >= 11 is 1.43. The van der Waals surface area contributed by atoms with Crippen LogP contribution < -0.4 is 5.73 Å². The van der Waals surface area contributed by atoms with Crippen molar-refractivity contribution in [2.24, 2.45) is 11.7 Å². The Bertz CT molecular complexity index is 387. The molecule has 0 aromatic carbocycles. The summed E-state index contributed by atoms with van der Waals surface area (Å²) in [6.07, 6.45) is 4.99. The molecule has 17 heavy (non-hydrogen) atoms. The van der Waals surface area contributed by atoms with Gasteiger partial charge < -0.3 is 5.73 Å². The van der Waals surface area contributed by atoms with Crippen molar-refractivity contribution < 1.29 is 4.79 Å². The van der Waals surface area contributed by atoms with Crippen molar-refractivity contribution in [1.29, 1.82) is 0 Å². The average Bonchev–Trinajstić information content (AvgIpc) is 2.64. The highest BCUT2D eigenvalue weighted by Gasteiger charge is 2.31. The van der Waals surface area contributed by atoms with Gasteiger partial charge in [-0.15, -0.1) is 5.10 Å². The summed E-state index contributed by atoms with van der Waals surface area (Å²) in [7, 11) is 0. The van der Waals surface area contributed by atoms with Crippen LogP contribution in [0.5, 0.6) is 0 Å². The van der Waals surface area contributed by atoms with Crippen LogP contribution in [0.2, 0.25) is 0 Å². The fraction of sp³-hybridized carbons (Fsp3) is 0.727. The lowest BCUT2D eigenvalue weighted by atomic mass is 9.82. The largest absolute Gasteiger partial charge is 0.330 e. The molecular weight excluding hydrogens is 236 g/mol.